The number of carbonyl (C=O) groups is 4. The van der Waals surface area contributed by atoms with E-state index in [1.807, 2.05) is 0 Å². The lowest BCUT2D eigenvalue weighted by molar-refractivity contribution is -0.140. The van der Waals surface area contributed by atoms with Gasteiger partial charge in [-0.05, 0) is 50.5 Å². The molecule has 2 aliphatic carbocycles. The van der Waals surface area contributed by atoms with Crippen LogP contribution >= 0.6 is 11.3 Å². The molecule has 1 N–H and O–H groups in total. The Kier molecular flexibility index (Phi) is 6.46. The SMILES string of the molecule is CCOC(=O)c1c(NC(=O)CCN2C(=O)[C@H]3CCCC[C@@H]3C2=O)sc2c1CC[C@@H](C)C2. The van der Waals surface area contributed by atoms with E-state index >= 15 is 0 Å². The molecule has 1 saturated carbocycles. The topological polar surface area (TPSA) is 92.8 Å². The van der Waals surface area contributed by atoms with E-state index in [0.29, 0.717) is 16.5 Å². The van der Waals surface area contributed by atoms with Crippen molar-refractivity contribution in [3.05, 3.63) is 16.0 Å². The molecule has 168 valence electrons. The second kappa shape index (κ2) is 9.10. The lowest BCUT2D eigenvalue weighted by Gasteiger charge is -2.19. The number of esters is 1. The molecule has 7 nitrogen and oxygen atoms in total. The molecule has 1 aromatic heterocycles. The van der Waals surface area contributed by atoms with Crippen LogP contribution in [0.3, 0.4) is 0 Å². The molecule has 1 saturated heterocycles. The quantitative estimate of drug-likeness (QED) is 0.533. The van der Waals surface area contributed by atoms with E-state index in [1.54, 1.807) is 6.92 Å². The number of anilines is 1. The highest BCUT2D eigenvalue weighted by molar-refractivity contribution is 7.17. The third-order valence-corrected chi connectivity index (χ3v) is 7.91. The van der Waals surface area contributed by atoms with Crippen LogP contribution in [0.25, 0.3) is 0 Å². The number of likely N-dealkylation sites (tertiary alicyclic amines) is 1. The Bertz CT molecular complexity index is 884. The van der Waals surface area contributed by atoms with E-state index < -0.39 is 5.97 Å². The van der Waals surface area contributed by atoms with Crippen LogP contribution < -0.4 is 5.32 Å². The number of rotatable bonds is 6. The third-order valence-electron chi connectivity index (χ3n) is 6.74. The number of fused-ring (bicyclic) bond motifs is 2. The van der Waals surface area contributed by atoms with E-state index in [-0.39, 0.29) is 49.1 Å². The van der Waals surface area contributed by atoms with Gasteiger partial charge in [0.25, 0.3) is 0 Å². The maximum Gasteiger partial charge on any atom is 0.341 e. The van der Waals surface area contributed by atoms with E-state index in [0.717, 1.165) is 55.4 Å². The first-order valence-electron chi connectivity index (χ1n) is 11.4. The molecule has 0 radical (unpaired) electrons. The summed E-state index contributed by atoms with van der Waals surface area (Å²) in [5.41, 5.74) is 1.47. The van der Waals surface area contributed by atoms with Crippen molar-refractivity contribution in [3.63, 3.8) is 0 Å². The minimum atomic E-state index is -0.404. The summed E-state index contributed by atoms with van der Waals surface area (Å²) in [5.74, 6) is -0.825. The van der Waals surface area contributed by atoms with Gasteiger partial charge in [-0.1, -0.05) is 19.8 Å². The van der Waals surface area contributed by atoms with Gasteiger partial charge in [-0.2, -0.15) is 0 Å². The highest BCUT2D eigenvalue weighted by Crippen LogP contribution is 2.40. The van der Waals surface area contributed by atoms with Crippen molar-refractivity contribution in [2.45, 2.75) is 65.2 Å². The molecule has 1 aliphatic heterocycles. The molecule has 8 heteroatoms. The number of ether oxygens (including phenoxy) is 1. The van der Waals surface area contributed by atoms with Gasteiger partial charge in [0.15, 0.2) is 0 Å². The van der Waals surface area contributed by atoms with Crippen molar-refractivity contribution in [2.75, 3.05) is 18.5 Å². The maximum atomic E-state index is 12.7. The Morgan fingerprint density at radius 2 is 1.81 bits per heavy atom. The molecule has 2 heterocycles. The summed E-state index contributed by atoms with van der Waals surface area (Å²) >= 11 is 1.44. The number of hydrogen-bond donors (Lipinski definition) is 1. The summed E-state index contributed by atoms with van der Waals surface area (Å²) in [7, 11) is 0. The molecule has 3 aliphatic rings. The zero-order valence-electron chi connectivity index (χ0n) is 18.2. The predicted molar refractivity (Wildman–Crippen MR) is 117 cm³/mol. The fourth-order valence-electron chi connectivity index (χ4n) is 5.11. The normalized spacial score (nSPS) is 25.2. The summed E-state index contributed by atoms with van der Waals surface area (Å²) in [6.45, 7) is 4.31. The van der Waals surface area contributed by atoms with Crippen LogP contribution in [0.2, 0.25) is 0 Å². The van der Waals surface area contributed by atoms with Crippen molar-refractivity contribution < 1.29 is 23.9 Å². The number of hydrogen-bond acceptors (Lipinski definition) is 6. The maximum absolute atomic E-state index is 12.7. The first-order valence-corrected chi connectivity index (χ1v) is 12.2. The van der Waals surface area contributed by atoms with Crippen LogP contribution in [-0.4, -0.2) is 41.7 Å². The molecule has 31 heavy (non-hydrogen) atoms. The Balaban J connectivity index is 1.44. The average molecular weight is 447 g/mol. The zero-order valence-corrected chi connectivity index (χ0v) is 19.0. The Morgan fingerprint density at radius 3 is 2.45 bits per heavy atom. The molecule has 1 aromatic rings. The van der Waals surface area contributed by atoms with E-state index in [4.69, 9.17) is 4.74 Å². The van der Waals surface area contributed by atoms with Gasteiger partial charge in [0.1, 0.15) is 5.00 Å². The molecule has 0 unspecified atom stereocenters. The molecule has 0 aromatic carbocycles. The molecule has 3 atom stereocenters. The van der Waals surface area contributed by atoms with E-state index in [1.165, 1.54) is 16.2 Å². The molecule has 3 amide bonds. The first-order chi connectivity index (χ1) is 14.9. The minimum Gasteiger partial charge on any atom is -0.462 e. The van der Waals surface area contributed by atoms with Crippen molar-refractivity contribution in [2.24, 2.45) is 17.8 Å². The van der Waals surface area contributed by atoms with Crippen molar-refractivity contribution >= 4 is 40.0 Å². The van der Waals surface area contributed by atoms with Crippen LogP contribution in [0.15, 0.2) is 0 Å². The van der Waals surface area contributed by atoms with Crippen LogP contribution in [0.5, 0.6) is 0 Å². The molecule has 2 fully saturated rings. The van der Waals surface area contributed by atoms with Gasteiger partial charge >= 0.3 is 5.97 Å². The Hall–Kier alpha value is -2.22. The summed E-state index contributed by atoms with van der Waals surface area (Å²) < 4.78 is 5.24. The standard InChI is InChI=1S/C23H30N2O5S/c1-3-30-23(29)19-16-9-8-13(2)12-17(16)31-20(19)24-18(26)10-11-25-21(27)14-6-4-5-7-15(14)22(25)28/h13-15H,3-12H2,1-2H3,(H,24,26)/t13-,14+,15+/m1/s1. The van der Waals surface area contributed by atoms with Crippen LogP contribution in [0, 0.1) is 17.8 Å². The lowest BCUT2D eigenvalue weighted by atomic mass is 9.81. The number of carbonyl (C=O) groups excluding carboxylic acids is 4. The summed E-state index contributed by atoms with van der Waals surface area (Å²) in [6.07, 6.45) is 6.21. The van der Waals surface area contributed by atoms with Crippen LogP contribution in [0.4, 0.5) is 5.00 Å². The number of nitrogens with zero attached hydrogens (tertiary/aromatic N) is 1. The number of thiophene rings is 1. The first kappa shape index (κ1) is 22.0. The van der Waals surface area contributed by atoms with Gasteiger partial charge in [0, 0.05) is 17.8 Å². The molecule has 0 bridgehead atoms. The fraction of sp³-hybridized carbons (Fsp3) is 0.652. The van der Waals surface area contributed by atoms with Crippen molar-refractivity contribution in [1.29, 1.82) is 0 Å². The van der Waals surface area contributed by atoms with Crippen LogP contribution in [0.1, 0.15) is 73.2 Å². The lowest BCUT2D eigenvalue weighted by Crippen LogP contribution is -2.34. The van der Waals surface area contributed by atoms with Gasteiger partial charge in [0.2, 0.25) is 17.7 Å². The van der Waals surface area contributed by atoms with Gasteiger partial charge in [-0.3, -0.25) is 19.3 Å². The predicted octanol–water partition coefficient (Wildman–Crippen LogP) is 3.55. The highest BCUT2D eigenvalue weighted by atomic mass is 32.1. The van der Waals surface area contributed by atoms with Crippen molar-refractivity contribution in [3.8, 4) is 0 Å². The summed E-state index contributed by atoms with van der Waals surface area (Å²) in [4.78, 5) is 52.9. The molecular weight excluding hydrogens is 416 g/mol. The Labute approximate surface area is 186 Å². The van der Waals surface area contributed by atoms with Gasteiger partial charge in [-0.25, -0.2) is 4.79 Å². The number of imide groups is 1. The molecule has 4 rings (SSSR count). The fourth-order valence-corrected chi connectivity index (χ4v) is 6.53. The van der Waals surface area contributed by atoms with E-state index in [9.17, 15) is 19.2 Å². The Morgan fingerprint density at radius 1 is 1.13 bits per heavy atom. The molecular formula is C23H30N2O5S. The van der Waals surface area contributed by atoms with Gasteiger partial charge in [0.05, 0.1) is 24.0 Å². The van der Waals surface area contributed by atoms with Gasteiger partial charge < -0.3 is 10.1 Å². The summed E-state index contributed by atoms with van der Waals surface area (Å²) in [5, 5.41) is 3.39. The van der Waals surface area contributed by atoms with Crippen molar-refractivity contribution in [1.82, 2.24) is 4.90 Å². The van der Waals surface area contributed by atoms with E-state index in [2.05, 4.69) is 12.2 Å². The molecule has 0 spiro atoms. The highest BCUT2D eigenvalue weighted by Gasteiger charge is 2.47. The average Bonchev–Trinajstić information content (AvgIpc) is 3.21. The van der Waals surface area contributed by atoms with Gasteiger partial charge in [-0.15, -0.1) is 11.3 Å². The second-order valence-corrected chi connectivity index (χ2v) is 10.0. The van der Waals surface area contributed by atoms with Crippen LogP contribution in [-0.2, 0) is 32.0 Å². The second-order valence-electron chi connectivity index (χ2n) is 8.90. The summed E-state index contributed by atoms with van der Waals surface area (Å²) in [6, 6.07) is 0. The number of amides is 3. The minimum absolute atomic E-state index is 0.0259. The largest absolute Gasteiger partial charge is 0.462 e. The third kappa shape index (κ3) is 4.27. The smallest absolute Gasteiger partial charge is 0.341 e. The monoisotopic (exact) mass is 446 g/mol. The zero-order chi connectivity index (χ0) is 22.1. The number of nitrogens with one attached hydrogen (secondary N) is 1.